The van der Waals surface area contributed by atoms with Crippen LogP contribution < -0.4 is 5.32 Å². The van der Waals surface area contributed by atoms with Crippen LogP contribution in [0.3, 0.4) is 0 Å². The Balaban J connectivity index is 1.83. The van der Waals surface area contributed by atoms with Crippen molar-refractivity contribution >= 4 is 17.5 Å². The van der Waals surface area contributed by atoms with Crippen LogP contribution in [0.15, 0.2) is 6.20 Å². The van der Waals surface area contributed by atoms with E-state index in [1.54, 1.807) is 17.8 Å². The number of aliphatic hydroxyl groups excluding tert-OH is 1. The normalized spacial score (nSPS) is 17.3. The topological polar surface area (TPSA) is 67.2 Å². The lowest BCUT2D eigenvalue weighted by molar-refractivity contribution is -0.126. The van der Waals surface area contributed by atoms with Crippen molar-refractivity contribution in [2.24, 2.45) is 12.5 Å². The van der Waals surface area contributed by atoms with Gasteiger partial charge in [-0.3, -0.25) is 4.79 Å². The molecule has 0 spiro atoms. The Morgan fingerprint density at radius 2 is 2.39 bits per heavy atom. The van der Waals surface area contributed by atoms with Gasteiger partial charge in [0.2, 0.25) is 5.91 Å². The van der Waals surface area contributed by atoms with Crippen molar-refractivity contribution in [3.05, 3.63) is 17.2 Å². The van der Waals surface area contributed by atoms with E-state index in [0.717, 1.165) is 25.1 Å². The summed E-state index contributed by atoms with van der Waals surface area (Å²) in [6, 6.07) is 0. The number of halogens is 1. The average molecular weight is 272 g/mol. The van der Waals surface area contributed by atoms with E-state index >= 15 is 0 Å². The summed E-state index contributed by atoms with van der Waals surface area (Å²) in [7, 11) is 1.80. The Morgan fingerprint density at radius 1 is 1.67 bits per heavy atom. The second-order valence-corrected chi connectivity index (χ2v) is 5.41. The van der Waals surface area contributed by atoms with Crippen LogP contribution in [-0.2, 0) is 18.4 Å². The minimum Gasteiger partial charge on any atom is -0.396 e. The molecular weight excluding hydrogens is 254 g/mol. The molecule has 0 aromatic carbocycles. The zero-order valence-electron chi connectivity index (χ0n) is 10.4. The number of hydrogen-bond donors (Lipinski definition) is 2. The van der Waals surface area contributed by atoms with Crippen LogP contribution in [-0.4, -0.2) is 27.2 Å². The molecule has 18 heavy (non-hydrogen) atoms. The molecule has 2 rings (SSSR count). The van der Waals surface area contributed by atoms with Crippen LogP contribution in [0, 0.1) is 5.41 Å². The molecule has 0 atom stereocenters. The smallest absolute Gasteiger partial charge is 0.221 e. The van der Waals surface area contributed by atoms with Gasteiger partial charge < -0.3 is 15.0 Å². The SMILES string of the molecule is Cn1c(Cl)cnc1CNC(=O)CC1(CO)CCC1. The number of imidazole rings is 1. The number of carbonyl (C=O) groups is 1. The molecule has 1 aliphatic carbocycles. The molecule has 0 aliphatic heterocycles. The van der Waals surface area contributed by atoms with Crippen molar-refractivity contribution in [3.8, 4) is 0 Å². The first-order valence-electron chi connectivity index (χ1n) is 6.10. The Kier molecular flexibility index (Phi) is 3.92. The third-order valence-corrected chi connectivity index (χ3v) is 4.11. The first kappa shape index (κ1) is 13.4. The number of rotatable bonds is 5. The van der Waals surface area contributed by atoms with Crippen LogP contribution in [0.4, 0.5) is 0 Å². The van der Waals surface area contributed by atoms with Gasteiger partial charge in [0.15, 0.2) is 0 Å². The monoisotopic (exact) mass is 271 g/mol. The fourth-order valence-corrected chi connectivity index (χ4v) is 2.38. The van der Waals surface area contributed by atoms with Gasteiger partial charge >= 0.3 is 0 Å². The highest BCUT2D eigenvalue weighted by Gasteiger charge is 2.38. The van der Waals surface area contributed by atoms with Crippen molar-refractivity contribution in [2.75, 3.05) is 6.61 Å². The second-order valence-electron chi connectivity index (χ2n) is 5.02. The molecular formula is C12H18ClN3O2. The molecule has 5 nitrogen and oxygen atoms in total. The number of nitrogens with one attached hydrogen (secondary N) is 1. The molecule has 1 heterocycles. The van der Waals surface area contributed by atoms with Crippen LogP contribution in [0.5, 0.6) is 0 Å². The molecule has 1 saturated carbocycles. The van der Waals surface area contributed by atoms with E-state index in [4.69, 9.17) is 11.6 Å². The number of carbonyl (C=O) groups excluding carboxylic acids is 1. The van der Waals surface area contributed by atoms with E-state index in [2.05, 4.69) is 10.3 Å². The van der Waals surface area contributed by atoms with Crippen molar-refractivity contribution in [1.82, 2.24) is 14.9 Å². The van der Waals surface area contributed by atoms with Crippen molar-refractivity contribution in [1.29, 1.82) is 0 Å². The van der Waals surface area contributed by atoms with E-state index in [1.807, 2.05) is 0 Å². The molecule has 0 unspecified atom stereocenters. The molecule has 0 radical (unpaired) electrons. The number of aliphatic hydroxyl groups is 1. The summed E-state index contributed by atoms with van der Waals surface area (Å²) in [4.78, 5) is 15.9. The zero-order valence-corrected chi connectivity index (χ0v) is 11.2. The van der Waals surface area contributed by atoms with Crippen molar-refractivity contribution < 1.29 is 9.90 Å². The van der Waals surface area contributed by atoms with Gasteiger partial charge in [0.05, 0.1) is 12.7 Å². The summed E-state index contributed by atoms with van der Waals surface area (Å²) in [6.45, 7) is 0.457. The molecule has 1 aliphatic rings. The number of nitrogens with zero attached hydrogens (tertiary/aromatic N) is 2. The van der Waals surface area contributed by atoms with Gasteiger partial charge in [-0.15, -0.1) is 0 Å². The summed E-state index contributed by atoms with van der Waals surface area (Å²) in [5, 5.41) is 12.7. The lowest BCUT2D eigenvalue weighted by atomic mass is 9.67. The molecule has 1 amide bonds. The molecule has 1 aromatic rings. The van der Waals surface area contributed by atoms with E-state index < -0.39 is 0 Å². The van der Waals surface area contributed by atoms with Crippen molar-refractivity contribution in [3.63, 3.8) is 0 Å². The van der Waals surface area contributed by atoms with Gasteiger partial charge in [-0.05, 0) is 12.8 Å². The van der Waals surface area contributed by atoms with Crippen LogP contribution >= 0.6 is 11.6 Å². The van der Waals surface area contributed by atoms with Gasteiger partial charge in [-0.1, -0.05) is 18.0 Å². The van der Waals surface area contributed by atoms with Crippen LogP contribution in [0.2, 0.25) is 5.15 Å². The number of hydrogen-bond acceptors (Lipinski definition) is 3. The molecule has 1 aromatic heterocycles. The maximum atomic E-state index is 11.8. The minimum atomic E-state index is -0.177. The van der Waals surface area contributed by atoms with Gasteiger partial charge in [0.25, 0.3) is 0 Å². The summed E-state index contributed by atoms with van der Waals surface area (Å²) in [6.07, 6.45) is 4.92. The minimum absolute atomic E-state index is 0.0390. The summed E-state index contributed by atoms with van der Waals surface area (Å²) in [5.41, 5.74) is -0.177. The van der Waals surface area contributed by atoms with E-state index in [1.165, 1.54) is 0 Å². The predicted molar refractivity (Wildman–Crippen MR) is 68.1 cm³/mol. The largest absolute Gasteiger partial charge is 0.396 e. The van der Waals surface area contributed by atoms with E-state index in [0.29, 0.717) is 18.1 Å². The highest BCUT2D eigenvalue weighted by atomic mass is 35.5. The second kappa shape index (κ2) is 5.28. The molecule has 100 valence electrons. The first-order valence-corrected chi connectivity index (χ1v) is 6.48. The summed E-state index contributed by atoms with van der Waals surface area (Å²) >= 11 is 5.86. The molecule has 6 heteroatoms. The molecule has 1 fully saturated rings. The fraction of sp³-hybridized carbons (Fsp3) is 0.667. The Labute approximate surface area is 111 Å². The zero-order chi connectivity index (χ0) is 13.2. The Morgan fingerprint density at radius 3 is 2.83 bits per heavy atom. The highest BCUT2D eigenvalue weighted by molar-refractivity contribution is 6.29. The van der Waals surface area contributed by atoms with Gasteiger partial charge in [0.1, 0.15) is 11.0 Å². The van der Waals surface area contributed by atoms with Gasteiger partial charge in [-0.2, -0.15) is 0 Å². The maximum Gasteiger partial charge on any atom is 0.221 e. The Bertz CT molecular complexity index is 435. The maximum absolute atomic E-state index is 11.8. The number of aromatic nitrogens is 2. The van der Waals surface area contributed by atoms with Gasteiger partial charge in [0, 0.05) is 25.5 Å². The molecule has 0 saturated heterocycles. The third-order valence-electron chi connectivity index (χ3n) is 3.76. The van der Waals surface area contributed by atoms with E-state index in [-0.39, 0.29) is 17.9 Å². The first-order chi connectivity index (χ1) is 8.56. The Hall–Kier alpha value is -1.07. The lowest BCUT2D eigenvalue weighted by Crippen LogP contribution is -2.39. The highest BCUT2D eigenvalue weighted by Crippen LogP contribution is 2.43. The third kappa shape index (κ3) is 2.67. The fourth-order valence-electron chi connectivity index (χ4n) is 2.24. The van der Waals surface area contributed by atoms with Crippen LogP contribution in [0.25, 0.3) is 0 Å². The van der Waals surface area contributed by atoms with Crippen LogP contribution in [0.1, 0.15) is 31.5 Å². The van der Waals surface area contributed by atoms with Gasteiger partial charge in [-0.25, -0.2) is 4.98 Å². The summed E-state index contributed by atoms with van der Waals surface area (Å²) < 4.78 is 1.73. The number of amides is 1. The van der Waals surface area contributed by atoms with E-state index in [9.17, 15) is 9.90 Å². The van der Waals surface area contributed by atoms with Crippen molar-refractivity contribution in [2.45, 2.75) is 32.2 Å². The predicted octanol–water partition coefficient (Wildman–Crippen LogP) is 1.24. The average Bonchev–Trinajstić information content (AvgIpc) is 2.62. The standard InChI is InChI=1S/C12H18ClN3O2/c1-16-9(13)6-14-10(16)7-15-11(18)5-12(8-17)3-2-4-12/h6,17H,2-5,7-8H2,1H3,(H,15,18). The molecule has 2 N–H and O–H groups in total. The quantitative estimate of drug-likeness (QED) is 0.847. The summed E-state index contributed by atoms with van der Waals surface area (Å²) in [5.74, 6) is 0.683. The molecule has 0 bridgehead atoms. The lowest BCUT2D eigenvalue weighted by Gasteiger charge is -2.39.